The summed E-state index contributed by atoms with van der Waals surface area (Å²) in [6.07, 6.45) is 0.257. The molecule has 0 bridgehead atoms. The van der Waals surface area contributed by atoms with E-state index < -0.39 is 6.10 Å². The molecule has 0 radical (unpaired) electrons. The number of carbonyl (C=O) groups excluding carboxylic acids is 2. The molecule has 2 unspecified atom stereocenters. The van der Waals surface area contributed by atoms with Crippen LogP contribution in [0.1, 0.15) is 26.7 Å². The van der Waals surface area contributed by atoms with Crippen LogP contribution < -0.4 is 0 Å². The highest BCUT2D eigenvalue weighted by Crippen LogP contribution is 2.04. The van der Waals surface area contributed by atoms with E-state index in [9.17, 15) is 9.59 Å². The Morgan fingerprint density at radius 3 is 2.38 bits per heavy atom. The Morgan fingerprint density at radius 2 is 1.94 bits per heavy atom. The summed E-state index contributed by atoms with van der Waals surface area (Å²) in [5.41, 5.74) is 0. The minimum Gasteiger partial charge on any atom is -0.469 e. The molecule has 5 heteroatoms. The van der Waals surface area contributed by atoms with Gasteiger partial charge in [-0.2, -0.15) is 0 Å². The van der Waals surface area contributed by atoms with Crippen molar-refractivity contribution in [3.8, 4) is 0 Å². The molecule has 0 saturated heterocycles. The third-order valence-electron chi connectivity index (χ3n) is 2.35. The molecule has 5 nitrogen and oxygen atoms in total. The second kappa shape index (κ2) is 7.22. The number of ether oxygens (including phenoxy) is 1. The Labute approximate surface area is 96.4 Å². The molecule has 1 N–H and O–H groups in total. The number of carbonyl (C=O) groups is 2. The van der Waals surface area contributed by atoms with Crippen molar-refractivity contribution in [2.45, 2.75) is 32.8 Å². The fourth-order valence-electron chi connectivity index (χ4n) is 1.31. The molecule has 0 heterocycles. The molecule has 0 aliphatic heterocycles. The van der Waals surface area contributed by atoms with Crippen LogP contribution in [-0.2, 0) is 14.3 Å². The Kier molecular flexibility index (Phi) is 6.72. The molecule has 0 aromatic heterocycles. The van der Waals surface area contributed by atoms with E-state index in [0.29, 0.717) is 19.4 Å². The van der Waals surface area contributed by atoms with Gasteiger partial charge in [0.1, 0.15) is 0 Å². The molecule has 0 aromatic carbocycles. The highest BCUT2D eigenvalue weighted by Gasteiger charge is 2.18. The van der Waals surface area contributed by atoms with Crippen molar-refractivity contribution in [2.24, 2.45) is 5.92 Å². The van der Waals surface area contributed by atoms with Gasteiger partial charge in [0.25, 0.3) is 0 Å². The van der Waals surface area contributed by atoms with Crippen molar-refractivity contribution in [1.29, 1.82) is 0 Å². The molecule has 0 aromatic rings. The quantitative estimate of drug-likeness (QED) is 0.673. The summed E-state index contributed by atoms with van der Waals surface area (Å²) in [5, 5.41) is 9.05. The Morgan fingerprint density at radius 1 is 1.38 bits per heavy atom. The second-order valence-electron chi connectivity index (χ2n) is 4.09. The molecule has 0 spiro atoms. The molecular weight excluding hydrogens is 210 g/mol. The van der Waals surface area contributed by atoms with E-state index in [2.05, 4.69) is 4.74 Å². The summed E-state index contributed by atoms with van der Waals surface area (Å²) in [5.74, 6) is -0.725. The number of rotatable bonds is 6. The maximum Gasteiger partial charge on any atom is 0.310 e. The fraction of sp³-hybridized carbons (Fsp3) is 0.818. The lowest BCUT2D eigenvalue weighted by Gasteiger charge is -2.20. The van der Waals surface area contributed by atoms with Crippen molar-refractivity contribution in [1.82, 2.24) is 4.90 Å². The van der Waals surface area contributed by atoms with Crippen molar-refractivity contribution < 1.29 is 19.4 Å². The van der Waals surface area contributed by atoms with Gasteiger partial charge < -0.3 is 14.7 Å². The van der Waals surface area contributed by atoms with Crippen LogP contribution in [0, 0.1) is 5.92 Å². The molecule has 0 saturated carbocycles. The smallest absolute Gasteiger partial charge is 0.310 e. The van der Waals surface area contributed by atoms with Crippen LogP contribution in [0.3, 0.4) is 0 Å². The largest absolute Gasteiger partial charge is 0.469 e. The SMILES string of the molecule is COC(=O)C(C)CN(C)C(=O)CCC(C)O. The summed E-state index contributed by atoms with van der Waals surface area (Å²) < 4.78 is 4.57. The lowest BCUT2D eigenvalue weighted by Crippen LogP contribution is -2.34. The number of aliphatic hydroxyl groups is 1. The predicted octanol–water partition coefficient (Wildman–Crippen LogP) is 0.415. The maximum absolute atomic E-state index is 11.6. The highest BCUT2D eigenvalue weighted by molar-refractivity contribution is 5.77. The highest BCUT2D eigenvalue weighted by atomic mass is 16.5. The molecule has 94 valence electrons. The second-order valence-corrected chi connectivity index (χ2v) is 4.09. The number of aliphatic hydroxyl groups excluding tert-OH is 1. The van der Waals surface area contributed by atoms with Crippen molar-refractivity contribution in [2.75, 3.05) is 20.7 Å². The number of amides is 1. The van der Waals surface area contributed by atoms with Crippen LogP contribution in [0.5, 0.6) is 0 Å². The van der Waals surface area contributed by atoms with Gasteiger partial charge in [-0.25, -0.2) is 0 Å². The van der Waals surface area contributed by atoms with Gasteiger partial charge in [-0.05, 0) is 13.3 Å². The summed E-state index contributed by atoms with van der Waals surface area (Å²) in [7, 11) is 2.97. The summed E-state index contributed by atoms with van der Waals surface area (Å²) in [6.45, 7) is 3.69. The van der Waals surface area contributed by atoms with E-state index >= 15 is 0 Å². The number of hydrogen-bond donors (Lipinski definition) is 1. The van der Waals surface area contributed by atoms with E-state index in [-0.39, 0.29) is 17.8 Å². The van der Waals surface area contributed by atoms with E-state index in [0.717, 1.165) is 0 Å². The van der Waals surface area contributed by atoms with Gasteiger partial charge in [-0.3, -0.25) is 9.59 Å². The lowest BCUT2D eigenvalue weighted by molar-refractivity contribution is -0.146. The topological polar surface area (TPSA) is 66.8 Å². The molecule has 0 fully saturated rings. The van der Waals surface area contributed by atoms with E-state index in [1.807, 2.05) is 0 Å². The number of methoxy groups -OCH3 is 1. The summed E-state index contributed by atoms with van der Waals surface area (Å²) in [4.78, 5) is 24.2. The fourth-order valence-corrected chi connectivity index (χ4v) is 1.31. The van der Waals surface area contributed by atoms with Crippen molar-refractivity contribution >= 4 is 11.9 Å². The zero-order chi connectivity index (χ0) is 12.7. The number of esters is 1. The standard InChI is InChI=1S/C11H21NO4/c1-8(11(15)16-4)7-12(3)10(14)6-5-9(2)13/h8-9,13H,5-7H2,1-4H3. The Bertz CT molecular complexity index is 240. The first-order chi connectivity index (χ1) is 7.38. The van der Waals surface area contributed by atoms with E-state index in [4.69, 9.17) is 5.11 Å². The minimum atomic E-state index is -0.476. The van der Waals surface area contributed by atoms with Gasteiger partial charge in [0.15, 0.2) is 0 Å². The van der Waals surface area contributed by atoms with Crippen molar-refractivity contribution in [3.05, 3.63) is 0 Å². The molecule has 1 amide bonds. The molecule has 0 aliphatic carbocycles. The third kappa shape index (κ3) is 5.70. The zero-order valence-electron chi connectivity index (χ0n) is 10.4. The Balaban J connectivity index is 4.00. The first kappa shape index (κ1) is 14.9. The molecular formula is C11H21NO4. The van der Waals surface area contributed by atoms with Gasteiger partial charge >= 0.3 is 5.97 Å². The minimum absolute atomic E-state index is 0.0725. The van der Waals surface area contributed by atoms with Crippen LogP contribution in [0.15, 0.2) is 0 Å². The average molecular weight is 231 g/mol. The van der Waals surface area contributed by atoms with Gasteiger partial charge in [-0.15, -0.1) is 0 Å². The monoisotopic (exact) mass is 231 g/mol. The summed E-state index contributed by atoms with van der Waals surface area (Å²) in [6, 6.07) is 0. The number of hydrogen-bond acceptors (Lipinski definition) is 4. The van der Waals surface area contributed by atoms with Crippen LogP contribution >= 0.6 is 0 Å². The maximum atomic E-state index is 11.6. The normalized spacial score (nSPS) is 14.1. The van der Waals surface area contributed by atoms with E-state index in [1.54, 1.807) is 20.9 Å². The van der Waals surface area contributed by atoms with Gasteiger partial charge in [0, 0.05) is 20.0 Å². The number of nitrogens with zero attached hydrogens (tertiary/aromatic N) is 1. The van der Waals surface area contributed by atoms with E-state index in [1.165, 1.54) is 12.0 Å². The van der Waals surface area contributed by atoms with Crippen molar-refractivity contribution in [3.63, 3.8) is 0 Å². The van der Waals surface area contributed by atoms with Gasteiger partial charge in [0.05, 0.1) is 19.1 Å². The first-order valence-electron chi connectivity index (χ1n) is 5.38. The molecule has 0 aliphatic rings. The average Bonchev–Trinajstić information content (AvgIpc) is 2.24. The van der Waals surface area contributed by atoms with Crippen LogP contribution in [0.4, 0.5) is 0 Å². The van der Waals surface area contributed by atoms with Crippen LogP contribution in [0.25, 0.3) is 0 Å². The lowest BCUT2D eigenvalue weighted by atomic mass is 10.1. The van der Waals surface area contributed by atoms with Crippen LogP contribution in [0.2, 0.25) is 0 Å². The Hall–Kier alpha value is -1.10. The van der Waals surface area contributed by atoms with Crippen LogP contribution in [-0.4, -0.2) is 48.7 Å². The van der Waals surface area contributed by atoms with Gasteiger partial charge in [0.2, 0.25) is 5.91 Å². The molecule has 0 rings (SSSR count). The first-order valence-corrected chi connectivity index (χ1v) is 5.38. The summed E-state index contributed by atoms with van der Waals surface area (Å²) >= 11 is 0. The molecule has 16 heavy (non-hydrogen) atoms. The molecule has 2 atom stereocenters. The van der Waals surface area contributed by atoms with Gasteiger partial charge in [-0.1, -0.05) is 6.92 Å². The third-order valence-corrected chi connectivity index (χ3v) is 2.35. The zero-order valence-corrected chi connectivity index (χ0v) is 10.4. The predicted molar refractivity (Wildman–Crippen MR) is 59.7 cm³/mol.